The van der Waals surface area contributed by atoms with Gasteiger partial charge in [-0.15, -0.1) is 0 Å². The number of hydrogen-bond acceptors (Lipinski definition) is 5. The molecule has 0 aromatic heterocycles. The van der Waals surface area contributed by atoms with Crippen molar-refractivity contribution in [3.05, 3.63) is 66.2 Å². The van der Waals surface area contributed by atoms with Gasteiger partial charge in [0, 0.05) is 5.57 Å². The Hall–Kier alpha value is -2.95. The maximum atomic E-state index is 11.3. The molecule has 0 saturated carbocycles. The molecule has 5 heteroatoms. The molecule has 0 spiro atoms. The third kappa shape index (κ3) is 13.2. The number of azo groups is 1. The van der Waals surface area contributed by atoms with Crippen LogP contribution in [-0.2, 0) is 16.0 Å². The first-order chi connectivity index (χ1) is 17.6. The van der Waals surface area contributed by atoms with Gasteiger partial charge in [-0.25, -0.2) is 4.79 Å². The van der Waals surface area contributed by atoms with Gasteiger partial charge in [-0.2, -0.15) is 10.2 Å². The summed E-state index contributed by atoms with van der Waals surface area (Å²) in [6.07, 6.45) is 14.1. The van der Waals surface area contributed by atoms with Gasteiger partial charge in [0.2, 0.25) is 0 Å². The second-order valence-corrected chi connectivity index (χ2v) is 9.41. The van der Waals surface area contributed by atoms with Gasteiger partial charge < -0.3 is 9.47 Å². The fourth-order valence-electron chi connectivity index (χ4n) is 3.78. The van der Waals surface area contributed by atoms with Crippen molar-refractivity contribution in [2.75, 3.05) is 13.2 Å². The summed E-state index contributed by atoms with van der Waals surface area (Å²) < 4.78 is 11.0. The van der Waals surface area contributed by atoms with Gasteiger partial charge >= 0.3 is 5.97 Å². The Morgan fingerprint density at radius 2 is 1.25 bits per heavy atom. The lowest BCUT2D eigenvalue weighted by atomic mass is 10.1. The standard InChI is InChI=1S/C31H44N2O3/c1-4-5-12-15-27-16-18-28(19-17-27)32-33-29-20-22-30(23-21-29)35-24-13-10-8-6-7-9-11-14-25-36-31(34)26(2)3/h16-23H,2,4-15,24-25H2,1,3H3. The molecule has 0 heterocycles. The molecule has 2 rings (SSSR count). The summed E-state index contributed by atoms with van der Waals surface area (Å²) in [7, 11) is 0. The summed E-state index contributed by atoms with van der Waals surface area (Å²) in [6.45, 7) is 8.72. The predicted octanol–water partition coefficient (Wildman–Crippen LogP) is 9.45. The first kappa shape index (κ1) is 29.3. The largest absolute Gasteiger partial charge is 0.494 e. The number of esters is 1. The van der Waals surface area contributed by atoms with E-state index in [4.69, 9.17) is 9.47 Å². The summed E-state index contributed by atoms with van der Waals surface area (Å²) in [5.41, 5.74) is 3.52. The number of ether oxygens (including phenoxy) is 2. The zero-order valence-electron chi connectivity index (χ0n) is 22.3. The summed E-state index contributed by atoms with van der Waals surface area (Å²) >= 11 is 0. The number of aryl methyl sites for hydroxylation is 1. The fourth-order valence-corrected chi connectivity index (χ4v) is 3.78. The Kier molecular flexibility index (Phi) is 14.9. The van der Waals surface area contributed by atoms with Crippen LogP contribution in [0.2, 0.25) is 0 Å². The van der Waals surface area contributed by atoms with E-state index in [9.17, 15) is 4.79 Å². The van der Waals surface area contributed by atoms with Crippen molar-refractivity contribution in [2.24, 2.45) is 10.2 Å². The van der Waals surface area contributed by atoms with Crippen LogP contribution in [0.25, 0.3) is 0 Å². The minimum absolute atomic E-state index is 0.284. The molecule has 0 fully saturated rings. The highest BCUT2D eigenvalue weighted by atomic mass is 16.5. The lowest BCUT2D eigenvalue weighted by Crippen LogP contribution is -2.05. The van der Waals surface area contributed by atoms with Crippen LogP contribution >= 0.6 is 0 Å². The lowest BCUT2D eigenvalue weighted by Gasteiger charge is -2.06. The first-order valence-electron chi connectivity index (χ1n) is 13.6. The van der Waals surface area contributed by atoms with Gasteiger partial charge in [0.15, 0.2) is 0 Å². The smallest absolute Gasteiger partial charge is 0.333 e. The minimum atomic E-state index is -0.284. The predicted molar refractivity (Wildman–Crippen MR) is 148 cm³/mol. The molecule has 0 unspecified atom stereocenters. The van der Waals surface area contributed by atoms with Gasteiger partial charge in [0.25, 0.3) is 0 Å². The topological polar surface area (TPSA) is 60.2 Å². The van der Waals surface area contributed by atoms with E-state index >= 15 is 0 Å². The molecule has 0 aliphatic heterocycles. The molecule has 0 radical (unpaired) electrons. The average Bonchev–Trinajstić information content (AvgIpc) is 2.89. The van der Waals surface area contributed by atoms with Crippen molar-refractivity contribution in [1.29, 1.82) is 0 Å². The quantitative estimate of drug-likeness (QED) is 0.0849. The second kappa shape index (κ2) is 18.3. The molecule has 0 N–H and O–H groups in total. The highest BCUT2D eigenvalue weighted by molar-refractivity contribution is 5.86. The number of nitrogens with zero attached hydrogens (tertiary/aromatic N) is 2. The maximum Gasteiger partial charge on any atom is 0.333 e. The SMILES string of the molecule is C=C(C)C(=O)OCCCCCCCCCCOc1ccc(N=Nc2ccc(CCCCC)cc2)cc1. The Morgan fingerprint density at radius 1 is 0.722 bits per heavy atom. The Labute approximate surface area is 218 Å². The Balaban J connectivity index is 1.50. The van der Waals surface area contributed by atoms with Gasteiger partial charge in [-0.3, -0.25) is 0 Å². The van der Waals surface area contributed by atoms with E-state index in [1.807, 2.05) is 36.4 Å². The van der Waals surface area contributed by atoms with Gasteiger partial charge in [0.05, 0.1) is 24.6 Å². The molecule has 0 amide bonds. The summed E-state index contributed by atoms with van der Waals surface area (Å²) in [4.78, 5) is 11.3. The van der Waals surface area contributed by atoms with E-state index in [-0.39, 0.29) is 5.97 Å². The first-order valence-corrected chi connectivity index (χ1v) is 13.6. The molecule has 5 nitrogen and oxygen atoms in total. The summed E-state index contributed by atoms with van der Waals surface area (Å²) in [5.74, 6) is 0.589. The fraction of sp³-hybridized carbons (Fsp3) is 0.516. The van der Waals surface area contributed by atoms with E-state index in [2.05, 4.69) is 35.9 Å². The van der Waals surface area contributed by atoms with E-state index < -0.39 is 0 Å². The monoisotopic (exact) mass is 492 g/mol. The van der Waals surface area contributed by atoms with E-state index in [0.717, 1.165) is 49.4 Å². The molecule has 0 aliphatic carbocycles. The summed E-state index contributed by atoms with van der Waals surface area (Å²) in [6, 6.07) is 16.2. The lowest BCUT2D eigenvalue weighted by molar-refractivity contribution is -0.139. The van der Waals surface area contributed by atoms with Crippen molar-refractivity contribution < 1.29 is 14.3 Å². The van der Waals surface area contributed by atoms with Crippen molar-refractivity contribution >= 4 is 17.3 Å². The average molecular weight is 493 g/mol. The number of carbonyl (C=O) groups is 1. The maximum absolute atomic E-state index is 11.3. The molecule has 36 heavy (non-hydrogen) atoms. The molecule has 0 saturated heterocycles. The number of carbonyl (C=O) groups excluding carboxylic acids is 1. The van der Waals surface area contributed by atoms with E-state index in [1.165, 1.54) is 56.9 Å². The molecule has 2 aromatic rings. The Bertz CT molecular complexity index is 904. The van der Waals surface area contributed by atoms with Crippen molar-refractivity contribution in [3.63, 3.8) is 0 Å². The second-order valence-electron chi connectivity index (χ2n) is 9.41. The number of benzene rings is 2. The number of unbranched alkanes of at least 4 members (excludes halogenated alkanes) is 9. The third-order valence-corrected chi connectivity index (χ3v) is 6.01. The van der Waals surface area contributed by atoms with Crippen LogP contribution in [0.4, 0.5) is 11.4 Å². The summed E-state index contributed by atoms with van der Waals surface area (Å²) in [5, 5.41) is 8.69. The molecule has 196 valence electrons. The zero-order chi connectivity index (χ0) is 25.8. The van der Waals surface area contributed by atoms with Crippen LogP contribution in [-0.4, -0.2) is 19.2 Å². The minimum Gasteiger partial charge on any atom is -0.494 e. The van der Waals surface area contributed by atoms with Crippen LogP contribution in [0.15, 0.2) is 70.9 Å². The van der Waals surface area contributed by atoms with Crippen LogP contribution in [0.5, 0.6) is 5.75 Å². The third-order valence-electron chi connectivity index (χ3n) is 6.01. The van der Waals surface area contributed by atoms with Crippen LogP contribution in [0, 0.1) is 0 Å². The van der Waals surface area contributed by atoms with E-state index in [0.29, 0.717) is 12.2 Å². The number of rotatable bonds is 19. The molecular formula is C31H44N2O3. The van der Waals surface area contributed by atoms with Crippen molar-refractivity contribution in [2.45, 2.75) is 90.9 Å². The van der Waals surface area contributed by atoms with Gasteiger partial charge in [-0.05, 0) is 74.6 Å². The number of hydrogen-bond donors (Lipinski definition) is 0. The molecule has 0 aliphatic rings. The van der Waals surface area contributed by atoms with Gasteiger partial charge in [0.1, 0.15) is 5.75 Å². The van der Waals surface area contributed by atoms with Crippen molar-refractivity contribution in [3.8, 4) is 5.75 Å². The molecule has 0 bridgehead atoms. The highest BCUT2D eigenvalue weighted by Crippen LogP contribution is 2.22. The Morgan fingerprint density at radius 3 is 1.81 bits per heavy atom. The molecule has 0 atom stereocenters. The normalized spacial score (nSPS) is 11.1. The highest BCUT2D eigenvalue weighted by Gasteiger charge is 2.02. The van der Waals surface area contributed by atoms with Crippen molar-refractivity contribution in [1.82, 2.24) is 0 Å². The van der Waals surface area contributed by atoms with Crippen LogP contribution in [0.3, 0.4) is 0 Å². The van der Waals surface area contributed by atoms with Crippen LogP contribution < -0.4 is 4.74 Å². The van der Waals surface area contributed by atoms with Crippen LogP contribution in [0.1, 0.15) is 90.0 Å². The van der Waals surface area contributed by atoms with Gasteiger partial charge in [-0.1, -0.05) is 77.0 Å². The molecule has 2 aromatic carbocycles. The van der Waals surface area contributed by atoms with E-state index in [1.54, 1.807) is 6.92 Å². The molecular weight excluding hydrogens is 448 g/mol. The zero-order valence-corrected chi connectivity index (χ0v) is 22.3.